The lowest BCUT2D eigenvalue weighted by Gasteiger charge is -2.39. The van der Waals surface area contributed by atoms with Crippen molar-refractivity contribution in [3.05, 3.63) is 0 Å². The van der Waals surface area contributed by atoms with Gasteiger partial charge in [-0.25, -0.2) is 0 Å². The summed E-state index contributed by atoms with van der Waals surface area (Å²) in [6, 6.07) is 0. The molecule has 0 amide bonds. The molecule has 80 valence electrons. The predicted molar refractivity (Wildman–Crippen MR) is 56.7 cm³/mol. The molecule has 3 nitrogen and oxygen atoms in total. The Morgan fingerprint density at radius 3 is 2.08 bits per heavy atom. The van der Waals surface area contributed by atoms with E-state index in [4.69, 9.17) is 10.8 Å². The zero-order chi connectivity index (χ0) is 10.7. The smallest absolute Gasteiger partial charge is 0.0621 e. The Balaban J connectivity index is 4.22. The summed E-state index contributed by atoms with van der Waals surface area (Å²) in [7, 11) is 2.05. The summed E-state index contributed by atoms with van der Waals surface area (Å²) < 4.78 is 0. The SMILES string of the molecule is CCC(C)(C)N(C)CC(C)(N)CO. The zero-order valence-corrected chi connectivity index (χ0v) is 9.59. The predicted octanol–water partition coefficient (Wildman–Crippen LogP) is 0.817. The van der Waals surface area contributed by atoms with E-state index in [-0.39, 0.29) is 12.1 Å². The van der Waals surface area contributed by atoms with Crippen molar-refractivity contribution in [1.29, 1.82) is 0 Å². The minimum atomic E-state index is -0.499. The Bertz CT molecular complexity index is 155. The van der Waals surface area contributed by atoms with E-state index < -0.39 is 5.54 Å². The van der Waals surface area contributed by atoms with E-state index in [1.165, 1.54) is 0 Å². The molecule has 0 radical (unpaired) electrons. The quantitative estimate of drug-likeness (QED) is 0.671. The number of rotatable bonds is 5. The van der Waals surface area contributed by atoms with Crippen LogP contribution in [0.5, 0.6) is 0 Å². The molecule has 1 unspecified atom stereocenters. The topological polar surface area (TPSA) is 49.5 Å². The van der Waals surface area contributed by atoms with E-state index in [0.29, 0.717) is 6.54 Å². The molecule has 0 fully saturated rings. The fourth-order valence-corrected chi connectivity index (χ4v) is 1.08. The van der Waals surface area contributed by atoms with Gasteiger partial charge in [-0.3, -0.25) is 4.90 Å². The van der Waals surface area contributed by atoms with Crippen molar-refractivity contribution in [3.63, 3.8) is 0 Å². The van der Waals surface area contributed by atoms with Crippen molar-refractivity contribution in [3.8, 4) is 0 Å². The molecule has 0 spiro atoms. The van der Waals surface area contributed by atoms with Gasteiger partial charge in [0.15, 0.2) is 0 Å². The number of nitrogens with zero attached hydrogens (tertiary/aromatic N) is 1. The van der Waals surface area contributed by atoms with Gasteiger partial charge in [0.1, 0.15) is 0 Å². The maximum Gasteiger partial charge on any atom is 0.0621 e. The standard InChI is InChI=1S/C10H24N2O/c1-6-9(2,3)12(5)7-10(4,11)8-13/h13H,6-8,11H2,1-5H3. The van der Waals surface area contributed by atoms with Gasteiger partial charge in [0.05, 0.1) is 6.61 Å². The highest BCUT2D eigenvalue weighted by Gasteiger charge is 2.27. The van der Waals surface area contributed by atoms with Gasteiger partial charge in [-0.2, -0.15) is 0 Å². The minimum Gasteiger partial charge on any atom is -0.394 e. The molecule has 0 heterocycles. The lowest BCUT2D eigenvalue weighted by atomic mass is 9.96. The Morgan fingerprint density at radius 1 is 1.31 bits per heavy atom. The highest BCUT2D eigenvalue weighted by molar-refractivity contribution is 4.86. The average Bonchev–Trinajstić information content (AvgIpc) is 2.04. The van der Waals surface area contributed by atoms with Crippen LogP contribution in [0.15, 0.2) is 0 Å². The molecular weight excluding hydrogens is 164 g/mol. The molecule has 0 bridgehead atoms. The third kappa shape index (κ3) is 4.07. The molecule has 0 aromatic rings. The van der Waals surface area contributed by atoms with Gasteiger partial charge < -0.3 is 10.8 Å². The van der Waals surface area contributed by atoms with Gasteiger partial charge in [0.2, 0.25) is 0 Å². The number of hydrogen-bond acceptors (Lipinski definition) is 3. The molecule has 0 aliphatic carbocycles. The van der Waals surface area contributed by atoms with Crippen molar-refractivity contribution < 1.29 is 5.11 Å². The number of hydrogen-bond donors (Lipinski definition) is 2. The summed E-state index contributed by atoms with van der Waals surface area (Å²) in [6.45, 7) is 9.13. The van der Waals surface area contributed by atoms with E-state index in [0.717, 1.165) is 6.42 Å². The maximum absolute atomic E-state index is 9.03. The van der Waals surface area contributed by atoms with Gasteiger partial charge >= 0.3 is 0 Å². The Kier molecular flexibility index (Phi) is 4.36. The van der Waals surface area contributed by atoms with Crippen LogP contribution in [-0.2, 0) is 0 Å². The Labute approximate surface area is 81.9 Å². The first-order valence-corrected chi connectivity index (χ1v) is 4.86. The van der Waals surface area contributed by atoms with Crippen LogP contribution in [0.3, 0.4) is 0 Å². The largest absolute Gasteiger partial charge is 0.394 e. The normalized spacial score (nSPS) is 17.5. The van der Waals surface area contributed by atoms with Crippen LogP contribution in [0, 0.1) is 0 Å². The van der Waals surface area contributed by atoms with Crippen LogP contribution in [0.4, 0.5) is 0 Å². The van der Waals surface area contributed by atoms with Crippen LogP contribution < -0.4 is 5.73 Å². The summed E-state index contributed by atoms with van der Waals surface area (Å²) in [4.78, 5) is 2.20. The van der Waals surface area contributed by atoms with Crippen LogP contribution in [0.1, 0.15) is 34.1 Å². The monoisotopic (exact) mass is 188 g/mol. The molecule has 0 rings (SSSR count). The molecule has 3 heteroatoms. The Morgan fingerprint density at radius 2 is 1.77 bits per heavy atom. The highest BCUT2D eigenvalue weighted by Crippen LogP contribution is 2.18. The molecule has 0 aromatic heterocycles. The molecule has 0 aromatic carbocycles. The van der Waals surface area contributed by atoms with Crippen LogP contribution >= 0.6 is 0 Å². The van der Waals surface area contributed by atoms with E-state index in [2.05, 4.69) is 25.7 Å². The minimum absolute atomic E-state index is 0.0249. The summed E-state index contributed by atoms with van der Waals surface area (Å²) in [6.07, 6.45) is 1.07. The third-order valence-electron chi connectivity index (χ3n) is 2.86. The molecule has 3 N–H and O–H groups in total. The lowest BCUT2D eigenvalue weighted by Crippen LogP contribution is -2.54. The fourth-order valence-electron chi connectivity index (χ4n) is 1.08. The first-order valence-electron chi connectivity index (χ1n) is 4.86. The van der Waals surface area contributed by atoms with Crippen LogP contribution in [0.2, 0.25) is 0 Å². The number of aliphatic hydroxyl groups excluding tert-OH is 1. The second kappa shape index (κ2) is 4.40. The number of nitrogens with two attached hydrogens (primary N) is 1. The molecule has 0 aliphatic heterocycles. The third-order valence-corrected chi connectivity index (χ3v) is 2.86. The number of likely N-dealkylation sites (N-methyl/N-ethyl adjacent to an activating group) is 1. The maximum atomic E-state index is 9.03. The molecule has 13 heavy (non-hydrogen) atoms. The highest BCUT2D eigenvalue weighted by atomic mass is 16.3. The second-order valence-corrected chi connectivity index (χ2v) is 4.83. The van der Waals surface area contributed by atoms with Crippen LogP contribution in [0.25, 0.3) is 0 Å². The summed E-state index contributed by atoms with van der Waals surface area (Å²) in [5.74, 6) is 0. The van der Waals surface area contributed by atoms with Crippen molar-refractivity contribution in [2.24, 2.45) is 5.73 Å². The van der Waals surface area contributed by atoms with E-state index in [9.17, 15) is 0 Å². The van der Waals surface area contributed by atoms with Gasteiger partial charge in [0.25, 0.3) is 0 Å². The first kappa shape index (κ1) is 12.9. The van der Waals surface area contributed by atoms with Crippen molar-refractivity contribution in [2.75, 3.05) is 20.2 Å². The fraction of sp³-hybridized carbons (Fsp3) is 1.00. The second-order valence-electron chi connectivity index (χ2n) is 4.83. The van der Waals surface area contributed by atoms with Crippen molar-refractivity contribution in [2.45, 2.75) is 45.2 Å². The average molecular weight is 188 g/mol. The molecule has 1 atom stereocenters. The van der Waals surface area contributed by atoms with E-state index in [1.807, 2.05) is 14.0 Å². The summed E-state index contributed by atoms with van der Waals surface area (Å²) in [5.41, 5.74) is 5.53. The summed E-state index contributed by atoms with van der Waals surface area (Å²) >= 11 is 0. The van der Waals surface area contributed by atoms with Crippen LogP contribution in [-0.4, -0.2) is 41.3 Å². The Hall–Kier alpha value is -0.120. The number of aliphatic hydroxyl groups is 1. The molecule has 0 saturated heterocycles. The van der Waals surface area contributed by atoms with E-state index in [1.54, 1.807) is 0 Å². The lowest BCUT2D eigenvalue weighted by molar-refractivity contribution is 0.0936. The zero-order valence-electron chi connectivity index (χ0n) is 9.59. The molecule has 0 saturated carbocycles. The van der Waals surface area contributed by atoms with E-state index >= 15 is 0 Å². The van der Waals surface area contributed by atoms with Gasteiger partial charge in [-0.05, 0) is 34.2 Å². The molecule has 0 aliphatic rings. The van der Waals surface area contributed by atoms with Gasteiger partial charge in [-0.15, -0.1) is 0 Å². The molecular formula is C10H24N2O. The summed E-state index contributed by atoms with van der Waals surface area (Å²) in [5, 5.41) is 9.03. The van der Waals surface area contributed by atoms with Gasteiger partial charge in [-0.1, -0.05) is 6.92 Å². The van der Waals surface area contributed by atoms with Crippen molar-refractivity contribution in [1.82, 2.24) is 4.90 Å². The van der Waals surface area contributed by atoms with Crippen molar-refractivity contribution >= 4 is 0 Å². The van der Waals surface area contributed by atoms with Gasteiger partial charge in [0, 0.05) is 17.6 Å². The first-order chi connectivity index (χ1) is 5.75.